The Bertz CT molecular complexity index is 475. The number of benzene rings is 1. The first-order chi connectivity index (χ1) is 7.96. The standard InChI is InChI=1S/C13H15BrN2O/c1-13(2)8-17-12(16-13)7-11(15)9-3-5-10(14)6-4-9/h3-7H,8,15H2,1-2H3. The Kier molecular flexibility index (Phi) is 3.24. The number of halogens is 1. The van der Waals surface area contributed by atoms with Crippen molar-refractivity contribution in [3.63, 3.8) is 0 Å². The molecule has 17 heavy (non-hydrogen) atoms. The van der Waals surface area contributed by atoms with Gasteiger partial charge in [0.2, 0.25) is 5.90 Å². The minimum Gasteiger partial charge on any atom is -0.475 e. The predicted molar refractivity (Wildman–Crippen MR) is 73.8 cm³/mol. The first kappa shape index (κ1) is 12.2. The van der Waals surface area contributed by atoms with Crippen LogP contribution in [0.25, 0.3) is 5.70 Å². The maximum Gasteiger partial charge on any atom is 0.211 e. The summed E-state index contributed by atoms with van der Waals surface area (Å²) in [5, 5.41) is 0. The van der Waals surface area contributed by atoms with Crippen molar-refractivity contribution in [1.82, 2.24) is 0 Å². The third-order valence-corrected chi connectivity index (χ3v) is 2.97. The average molecular weight is 295 g/mol. The maximum absolute atomic E-state index is 6.00. The van der Waals surface area contributed by atoms with E-state index in [0.29, 0.717) is 18.2 Å². The normalized spacial score (nSPS) is 18.8. The molecule has 1 aliphatic heterocycles. The SMILES string of the molecule is CC1(C)COC(C=C(N)c2ccc(Br)cc2)=N1. The van der Waals surface area contributed by atoms with E-state index in [0.717, 1.165) is 10.0 Å². The topological polar surface area (TPSA) is 47.6 Å². The van der Waals surface area contributed by atoms with E-state index in [-0.39, 0.29) is 5.54 Å². The van der Waals surface area contributed by atoms with Crippen molar-refractivity contribution >= 4 is 27.5 Å². The molecule has 0 fully saturated rings. The second-order valence-electron chi connectivity index (χ2n) is 4.66. The molecule has 1 aromatic rings. The van der Waals surface area contributed by atoms with Crippen molar-refractivity contribution < 1.29 is 4.74 Å². The summed E-state index contributed by atoms with van der Waals surface area (Å²) in [6.07, 6.45) is 1.78. The summed E-state index contributed by atoms with van der Waals surface area (Å²) < 4.78 is 6.50. The van der Waals surface area contributed by atoms with Crippen LogP contribution in [-0.2, 0) is 4.74 Å². The highest BCUT2D eigenvalue weighted by atomic mass is 79.9. The molecule has 0 unspecified atom stereocenters. The lowest BCUT2D eigenvalue weighted by Crippen LogP contribution is -2.17. The van der Waals surface area contributed by atoms with Crippen LogP contribution in [0.2, 0.25) is 0 Å². The molecule has 0 amide bonds. The summed E-state index contributed by atoms with van der Waals surface area (Å²) in [5.41, 5.74) is 7.47. The Hall–Kier alpha value is -1.29. The number of aliphatic imine (C=N–C) groups is 1. The van der Waals surface area contributed by atoms with Gasteiger partial charge in [-0.25, -0.2) is 4.99 Å². The lowest BCUT2D eigenvalue weighted by atomic mass is 10.1. The molecule has 0 aromatic heterocycles. The monoisotopic (exact) mass is 294 g/mol. The third kappa shape index (κ3) is 3.09. The van der Waals surface area contributed by atoms with Gasteiger partial charge in [-0.2, -0.15) is 0 Å². The lowest BCUT2D eigenvalue weighted by molar-refractivity contribution is 0.280. The highest BCUT2D eigenvalue weighted by Gasteiger charge is 2.25. The van der Waals surface area contributed by atoms with Crippen LogP contribution >= 0.6 is 15.9 Å². The molecule has 0 aliphatic carbocycles. The fourth-order valence-corrected chi connectivity index (χ4v) is 1.81. The van der Waals surface area contributed by atoms with Gasteiger partial charge in [0.05, 0.1) is 5.54 Å². The van der Waals surface area contributed by atoms with Crippen LogP contribution < -0.4 is 5.73 Å². The Morgan fingerprint density at radius 2 is 2.06 bits per heavy atom. The molecule has 0 saturated heterocycles. The average Bonchev–Trinajstić information content (AvgIpc) is 2.59. The first-order valence-electron chi connectivity index (χ1n) is 5.42. The van der Waals surface area contributed by atoms with Crippen LogP contribution in [0.4, 0.5) is 0 Å². The molecule has 0 atom stereocenters. The Balaban J connectivity index is 2.20. The molecule has 0 saturated carbocycles. The molecule has 0 bridgehead atoms. The van der Waals surface area contributed by atoms with Crippen LogP contribution in [-0.4, -0.2) is 18.0 Å². The van der Waals surface area contributed by atoms with E-state index < -0.39 is 0 Å². The zero-order valence-electron chi connectivity index (χ0n) is 9.90. The zero-order chi connectivity index (χ0) is 12.5. The van der Waals surface area contributed by atoms with Crippen molar-refractivity contribution in [2.45, 2.75) is 19.4 Å². The summed E-state index contributed by atoms with van der Waals surface area (Å²) in [4.78, 5) is 4.43. The Morgan fingerprint density at radius 1 is 1.41 bits per heavy atom. The van der Waals surface area contributed by atoms with Gasteiger partial charge in [0.1, 0.15) is 6.61 Å². The van der Waals surface area contributed by atoms with Crippen molar-refractivity contribution in [1.29, 1.82) is 0 Å². The summed E-state index contributed by atoms with van der Waals surface area (Å²) >= 11 is 3.39. The fourth-order valence-electron chi connectivity index (χ4n) is 1.55. The minimum atomic E-state index is -0.147. The molecule has 90 valence electrons. The molecule has 3 nitrogen and oxygen atoms in total. The highest BCUT2D eigenvalue weighted by molar-refractivity contribution is 9.10. The van der Waals surface area contributed by atoms with Gasteiger partial charge in [0.25, 0.3) is 0 Å². The van der Waals surface area contributed by atoms with Crippen molar-refractivity contribution in [3.8, 4) is 0 Å². The summed E-state index contributed by atoms with van der Waals surface area (Å²) in [6.45, 7) is 4.67. The van der Waals surface area contributed by atoms with E-state index in [4.69, 9.17) is 10.5 Å². The summed E-state index contributed by atoms with van der Waals surface area (Å²) in [5.74, 6) is 0.607. The number of hydrogen-bond acceptors (Lipinski definition) is 3. The van der Waals surface area contributed by atoms with Crippen molar-refractivity contribution in [2.75, 3.05) is 6.61 Å². The molecule has 2 rings (SSSR count). The zero-order valence-corrected chi connectivity index (χ0v) is 11.5. The number of hydrogen-bond donors (Lipinski definition) is 1. The van der Waals surface area contributed by atoms with E-state index in [2.05, 4.69) is 20.9 Å². The summed E-state index contributed by atoms with van der Waals surface area (Å²) in [7, 11) is 0. The van der Waals surface area contributed by atoms with Gasteiger partial charge in [0, 0.05) is 16.2 Å². The molecule has 1 aliphatic rings. The number of ether oxygens (including phenoxy) is 1. The van der Waals surface area contributed by atoms with Gasteiger partial charge >= 0.3 is 0 Å². The van der Waals surface area contributed by atoms with Gasteiger partial charge in [0.15, 0.2) is 0 Å². The lowest BCUT2D eigenvalue weighted by Gasteiger charge is -2.07. The van der Waals surface area contributed by atoms with Gasteiger partial charge in [-0.3, -0.25) is 0 Å². The molecule has 1 aromatic carbocycles. The van der Waals surface area contributed by atoms with Gasteiger partial charge in [-0.1, -0.05) is 28.1 Å². The maximum atomic E-state index is 6.00. The highest BCUT2D eigenvalue weighted by Crippen LogP contribution is 2.19. The molecular weight excluding hydrogens is 280 g/mol. The summed E-state index contributed by atoms with van der Waals surface area (Å²) in [6, 6.07) is 7.82. The molecule has 0 radical (unpaired) electrons. The van der Waals surface area contributed by atoms with Crippen LogP contribution in [0.3, 0.4) is 0 Å². The van der Waals surface area contributed by atoms with Crippen molar-refractivity contribution in [2.24, 2.45) is 10.7 Å². The quantitative estimate of drug-likeness (QED) is 0.912. The first-order valence-corrected chi connectivity index (χ1v) is 6.21. The van der Waals surface area contributed by atoms with Crippen LogP contribution in [0, 0.1) is 0 Å². The van der Waals surface area contributed by atoms with E-state index in [1.807, 2.05) is 38.1 Å². The third-order valence-electron chi connectivity index (χ3n) is 2.44. The number of nitrogens with zero attached hydrogens (tertiary/aromatic N) is 1. The van der Waals surface area contributed by atoms with E-state index in [1.165, 1.54) is 0 Å². The van der Waals surface area contributed by atoms with E-state index in [1.54, 1.807) is 6.08 Å². The van der Waals surface area contributed by atoms with Crippen LogP contribution in [0.15, 0.2) is 39.8 Å². The predicted octanol–water partition coefficient (Wildman–Crippen LogP) is 2.96. The molecule has 1 heterocycles. The smallest absolute Gasteiger partial charge is 0.211 e. The van der Waals surface area contributed by atoms with Gasteiger partial charge < -0.3 is 10.5 Å². The van der Waals surface area contributed by atoms with Crippen LogP contribution in [0.1, 0.15) is 19.4 Å². The molecular formula is C13H15BrN2O. The Labute approximate surface area is 110 Å². The van der Waals surface area contributed by atoms with E-state index >= 15 is 0 Å². The number of rotatable bonds is 2. The molecule has 2 N–H and O–H groups in total. The molecule has 0 spiro atoms. The van der Waals surface area contributed by atoms with Gasteiger partial charge in [-0.05, 0) is 31.5 Å². The van der Waals surface area contributed by atoms with Crippen LogP contribution in [0.5, 0.6) is 0 Å². The second kappa shape index (κ2) is 4.53. The largest absolute Gasteiger partial charge is 0.475 e. The number of nitrogens with two attached hydrogens (primary N) is 1. The van der Waals surface area contributed by atoms with Crippen molar-refractivity contribution in [3.05, 3.63) is 40.4 Å². The molecule has 4 heteroatoms. The second-order valence-corrected chi connectivity index (χ2v) is 5.57. The van der Waals surface area contributed by atoms with Gasteiger partial charge in [-0.15, -0.1) is 0 Å². The van der Waals surface area contributed by atoms with E-state index in [9.17, 15) is 0 Å². The minimum absolute atomic E-state index is 0.147. The Morgan fingerprint density at radius 3 is 2.59 bits per heavy atom. The fraction of sp³-hybridized carbons (Fsp3) is 0.308.